The maximum atomic E-state index is 11.2. The van der Waals surface area contributed by atoms with Crippen molar-refractivity contribution in [3.63, 3.8) is 0 Å². The number of ether oxygens (including phenoxy) is 2. The first-order chi connectivity index (χ1) is 8.51. The lowest BCUT2D eigenvalue weighted by Crippen LogP contribution is -2.45. The van der Waals surface area contributed by atoms with Gasteiger partial charge in [-0.1, -0.05) is 13.8 Å². The van der Waals surface area contributed by atoms with Crippen molar-refractivity contribution in [2.75, 3.05) is 19.4 Å². The minimum absolute atomic E-state index is 0.252. The number of hydrogen-bond acceptors (Lipinski definition) is 5. The minimum Gasteiger partial charge on any atom is -0.436 e. The van der Waals surface area contributed by atoms with Crippen molar-refractivity contribution in [1.29, 1.82) is 0 Å². The summed E-state index contributed by atoms with van der Waals surface area (Å²) in [6.45, 7) is 10.7. The molecule has 0 N–H and O–H groups in total. The first-order valence-electron chi connectivity index (χ1n) is 6.60. The van der Waals surface area contributed by atoms with Gasteiger partial charge in [-0.2, -0.15) is 0 Å². The second kappa shape index (κ2) is 9.49. The first kappa shape index (κ1) is 17.6. The lowest BCUT2D eigenvalue weighted by molar-refractivity contribution is -0.177. The van der Waals surface area contributed by atoms with Gasteiger partial charge in [0.15, 0.2) is 0 Å². The summed E-state index contributed by atoms with van der Waals surface area (Å²) in [6.07, 6.45) is 0.828. The lowest BCUT2D eigenvalue weighted by Gasteiger charge is -2.27. The third kappa shape index (κ3) is 7.10. The highest BCUT2D eigenvalue weighted by Crippen LogP contribution is 2.11. The molecule has 0 aromatic heterocycles. The van der Waals surface area contributed by atoms with Crippen LogP contribution < -0.4 is 0 Å². The fraction of sp³-hybridized carbons (Fsp3) is 0.917. The van der Waals surface area contributed by atoms with Crippen molar-refractivity contribution in [1.82, 2.24) is 0 Å². The molecule has 1 unspecified atom stereocenters. The van der Waals surface area contributed by atoms with Crippen molar-refractivity contribution in [3.05, 3.63) is 0 Å². The van der Waals surface area contributed by atoms with E-state index in [0.29, 0.717) is 32.3 Å². The van der Waals surface area contributed by atoms with Gasteiger partial charge in [0, 0.05) is 26.1 Å². The van der Waals surface area contributed by atoms with Crippen molar-refractivity contribution >= 4 is 14.5 Å². The number of rotatable bonds is 10. The van der Waals surface area contributed by atoms with Crippen LogP contribution in [0.4, 0.5) is 0 Å². The van der Waals surface area contributed by atoms with E-state index in [9.17, 15) is 4.79 Å². The SMILES string of the molecule is CCO[Si](C)(COC(CC)OC(=O)CC)OCC. The molecule has 0 saturated carbocycles. The Hall–Kier alpha value is -0.433. The number of carbonyl (C=O) groups excluding carboxylic acids is 1. The van der Waals surface area contributed by atoms with Crippen LogP contribution in [0, 0.1) is 0 Å². The van der Waals surface area contributed by atoms with Gasteiger partial charge in [-0.05, 0) is 20.4 Å². The minimum atomic E-state index is -2.30. The fourth-order valence-electron chi connectivity index (χ4n) is 1.45. The Bertz CT molecular complexity index is 229. The third-order valence-corrected chi connectivity index (χ3v) is 4.81. The van der Waals surface area contributed by atoms with E-state index >= 15 is 0 Å². The smallest absolute Gasteiger partial charge is 0.361 e. The molecule has 0 rings (SSSR count). The molecule has 6 heteroatoms. The van der Waals surface area contributed by atoms with Gasteiger partial charge in [0.05, 0.1) is 6.23 Å². The molecular weight excluding hydrogens is 252 g/mol. The van der Waals surface area contributed by atoms with Gasteiger partial charge in [0.1, 0.15) is 0 Å². The molecule has 0 aliphatic carbocycles. The van der Waals surface area contributed by atoms with Crippen molar-refractivity contribution < 1.29 is 23.1 Å². The molecule has 0 heterocycles. The molecule has 0 spiro atoms. The van der Waals surface area contributed by atoms with Gasteiger partial charge < -0.3 is 18.3 Å². The molecule has 18 heavy (non-hydrogen) atoms. The molecule has 0 aromatic rings. The monoisotopic (exact) mass is 278 g/mol. The Morgan fingerprint density at radius 3 is 2.06 bits per heavy atom. The summed E-state index contributed by atoms with van der Waals surface area (Å²) in [4.78, 5) is 11.2. The molecule has 108 valence electrons. The van der Waals surface area contributed by atoms with E-state index in [1.54, 1.807) is 6.92 Å². The number of carbonyl (C=O) groups is 1. The average Bonchev–Trinajstić information content (AvgIpc) is 2.34. The summed E-state index contributed by atoms with van der Waals surface area (Å²) in [5, 5.41) is 0. The van der Waals surface area contributed by atoms with Gasteiger partial charge in [0.2, 0.25) is 6.29 Å². The summed E-state index contributed by atoms with van der Waals surface area (Å²) < 4.78 is 22.0. The van der Waals surface area contributed by atoms with Crippen LogP contribution in [0.5, 0.6) is 0 Å². The molecule has 0 aliphatic rings. The second-order valence-corrected chi connectivity index (χ2v) is 7.13. The summed E-state index contributed by atoms with van der Waals surface area (Å²) in [7, 11) is -2.30. The molecule has 5 nitrogen and oxygen atoms in total. The molecule has 0 aromatic carbocycles. The van der Waals surface area contributed by atoms with E-state index in [4.69, 9.17) is 18.3 Å². The van der Waals surface area contributed by atoms with Crippen molar-refractivity contribution in [3.8, 4) is 0 Å². The van der Waals surface area contributed by atoms with Gasteiger partial charge in [-0.15, -0.1) is 0 Å². The van der Waals surface area contributed by atoms with E-state index in [1.165, 1.54) is 0 Å². The Labute approximate surface area is 111 Å². The Kier molecular flexibility index (Phi) is 9.26. The topological polar surface area (TPSA) is 54.0 Å². The van der Waals surface area contributed by atoms with Crippen LogP contribution in [0.3, 0.4) is 0 Å². The third-order valence-electron chi connectivity index (χ3n) is 2.32. The molecule has 0 saturated heterocycles. The number of hydrogen-bond donors (Lipinski definition) is 0. The van der Waals surface area contributed by atoms with Crippen LogP contribution >= 0.6 is 0 Å². The van der Waals surface area contributed by atoms with E-state index in [-0.39, 0.29) is 5.97 Å². The van der Waals surface area contributed by atoms with Crippen LogP contribution in [-0.4, -0.2) is 40.3 Å². The molecule has 0 bridgehead atoms. The van der Waals surface area contributed by atoms with Gasteiger partial charge in [-0.3, -0.25) is 4.79 Å². The van der Waals surface area contributed by atoms with Gasteiger partial charge >= 0.3 is 14.5 Å². The van der Waals surface area contributed by atoms with Crippen molar-refractivity contribution in [2.24, 2.45) is 0 Å². The average molecular weight is 278 g/mol. The summed E-state index contributed by atoms with van der Waals surface area (Å²) >= 11 is 0. The second-order valence-electron chi connectivity index (χ2n) is 3.99. The zero-order valence-electron chi connectivity index (χ0n) is 12.2. The van der Waals surface area contributed by atoms with Crippen LogP contribution in [0.2, 0.25) is 6.55 Å². The summed E-state index contributed by atoms with van der Waals surface area (Å²) in [5.74, 6) is -0.252. The summed E-state index contributed by atoms with van der Waals surface area (Å²) in [6, 6.07) is 0. The van der Waals surface area contributed by atoms with Crippen molar-refractivity contribution in [2.45, 2.75) is 53.4 Å². The quantitative estimate of drug-likeness (QED) is 0.349. The van der Waals surface area contributed by atoms with Gasteiger partial charge in [0.25, 0.3) is 0 Å². The zero-order valence-corrected chi connectivity index (χ0v) is 13.2. The van der Waals surface area contributed by atoms with E-state index in [1.807, 2.05) is 27.3 Å². The molecule has 0 amide bonds. The van der Waals surface area contributed by atoms with Crippen LogP contribution in [0.15, 0.2) is 0 Å². The van der Waals surface area contributed by atoms with Crippen LogP contribution in [-0.2, 0) is 23.1 Å². The Morgan fingerprint density at radius 2 is 1.67 bits per heavy atom. The van der Waals surface area contributed by atoms with Gasteiger partial charge in [-0.25, -0.2) is 0 Å². The fourth-order valence-corrected chi connectivity index (χ4v) is 3.41. The molecule has 0 radical (unpaired) electrons. The Balaban J connectivity index is 4.25. The maximum Gasteiger partial charge on any atom is 0.361 e. The predicted octanol–water partition coefficient (Wildman–Crippen LogP) is 2.38. The van der Waals surface area contributed by atoms with E-state index < -0.39 is 14.9 Å². The van der Waals surface area contributed by atoms with Crippen LogP contribution in [0.25, 0.3) is 0 Å². The molecular formula is C12H26O5Si. The zero-order chi connectivity index (χ0) is 14.0. The highest BCUT2D eigenvalue weighted by Gasteiger charge is 2.32. The summed E-state index contributed by atoms with van der Waals surface area (Å²) in [5.41, 5.74) is 0. The predicted molar refractivity (Wildman–Crippen MR) is 71.3 cm³/mol. The first-order valence-corrected chi connectivity index (χ1v) is 9.12. The molecule has 0 aliphatic heterocycles. The molecule has 0 fully saturated rings. The number of esters is 1. The highest BCUT2D eigenvalue weighted by atomic mass is 28.4. The largest absolute Gasteiger partial charge is 0.436 e. The lowest BCUT2D eigenvalue weighted by atomic mass is 10.4. The standard InChI is InChI=1S/C12H26O5Si/c1-6-11(13)17-12(7-2)14-10-18(5,15-8-3)16-9-4/h12H,6-10H2,1-5H3. The highest BCUT2D eigenvalue weighted by molar-refractivity contribution is 6.65. The normalized spacial score (nSPS) is 13.4. The Morgan fingerprint density at radius 1 is 1.11 bits per heavy atom. The maximum absolute atomic E-state index is 11.2. The van der Waals surface area contributed by atoms with Crippen LogP contribution in [0.1, 0.15) is 40.5 Å². The molecule has 1 atom stereocenters. The van der Waals surface area contributed by atoms with E-state index in [0.717, 1.165) is 0 Å². The van der Waals surface area contributed by atoms with E-state index in [2.05, 4.69) is 0 Å².